The number of nitrogens with two attached hydrogens (primary N) is 6. The second-order valence-electron chi connectivity index (χ2n) is 6.07. The minimum atomic E-state index is -1.08. The van der Waals surface area contributed by atoms with E-state index in [1.807, 2.05) is 0 Å². The summed E-state index contributed by atoms with van der Waals surface area (Å²) in [6, 6.07) is -1.64. The zero-order valence-corrected chi connectivity index (χ0v) is 17.6. The van der Waals surface area contributed by atoms with Crippen molar-refractivity contribution in [1.29, 1.82) is 0 Å². The summed E-state index contributed by atoms with van der Waals surface area (Å²) in [6.07, 6.45) is 1.32. The van der Waals surface area contributed by atoms with Crippen LogP contribution in [0.4, 0.5) is 0 Å². The molecule has 0 unspecified atom stereocenters. The summed E-state index contributed by atoms with van der Waals surface area (Å²) < 4.78 is 0. The van der Waals surface area contributed by atoms with E-state index in [0.717, 1.165) is 0 Å². The van der Waals surface area contributed by atoms with Gasteiger partial charge >= 0.3 is 23.9 Å². The van der Waals surface area contributed by atoms with Gasteiger partial charge in [0.15, 0.2) is 11.9 Å². The molecular weight excluding hydrogens is 432 g/mol. The van der Waals surface area contributed by atoms with Crippen LogP contribution in [0.25, 0.3) is 0 Å². The Morgan fingerprint density at radius 2 is 0.906 bits per heavy atom. The fourth-order valence-electron chi connectivity index (χ4n) is 1.50. The largest absolute Gasteiger partial charge is 0.481 e. The molecule has 0 radical (unpaired) electrons. The van der Waals surface area contributed by atoms with Crippen LogP contribution in [0, 0.1) is 0 Å². The number of carboxylic acid groups (broad SMARTS) is 4. The normalized spacial score (nSPS) is 11.2. The van der Waals surface area contributed by atoms with E-state index in [0.29, 0.717) is 38.8 Å². The van der Waals surface area contributed by atoms with Gasteiger partial charge in [-0.2, -0.15) is 0 Å². The van der Waals surface area contributed by atoms with Gasteiger partial charge in [-0.25, -0.2) is 0 Å². The highest BCUT2D eigenvalue weighted by Crippen LogP contribution is 1.95. The Morgan fingerprint density at radius 1 is 0.625 bits per heavy atom. The van der Waals surface area contributed by atoms with Gasteiger partial charge in [0.25, 0.3) is 0 Å². The summed E-state index contributed by atoms with van der Waals surface area (Å²) in [7, 11) is 0. The summed E-state index contributed by atoms with van der Waals surface area (Å²) in [4.78, 5) is 47.1. The first-order valence-corrected chi connectivity index (χ1v) is 9.21. The van der Waals surface area contributed by atoms with E-state index in [-0.39, 0.29) is 24.8 Å². The van der Waals surface area contributed by atoms with Gasteiger partial charge in [-0.1, -0.05) is 0 Å². The average molecular weight is 466 g/mol. The molecule has 0 aliphatic heterocycles. The molecule has 0 rings (SSSR count). The molecule has 32 heavy (non-hydrogen) atoms. The lowest BCUT2D eigenvalue weighted by atomic mass is 10.2. The maximum atomic E-state index is 10.2. The van der Waals surface area contributed by atoms with Crippen LogP contribution in [0.3, 0.4) is 0 Å². The van der Waals surface area contributed by atoms with Gasteiger partial charge in [0.05, 0.1) is 12.8 Å². The highest BCUT2D eigenvalue weighted by molar-refractivity contribution is 5.76. The quantitative estimate of drug-likeness (QED) is 0.0727. The third-order valence-electron chi connectivity index (χ3n) is 3.12. The van der Waals surface area contributed by atoms with E-state index in [2.05, 4.69) is 9.98 Å². The van der Waals surface area contributed by atoms with Crippen molar-refractivity contribution in [3.8, 4) is 0 Å². The molecule has 0 saturated heterocycles. The highest BCUT2D eigenvalue weighted by atomic mass is 16.4. The third kappa shape index (κ3) is 31.0. The van der Waals surface area contributed by atoms with Gasteiger partial charge in [0.2, 0.25) is 0 Å². The number of hydrogen-bond donors (Lipinski definition) is 10. The van der Waals surface area contributed by atoms with Crippen LogP contribution >= 0.6 is 0 Å². The molecule has 16 nitrogen and oxygen atoms in total. The van der Waals surface area contributed by atoms with Crippen LogP contribution in [0.5, 0.6) is 0 Å². The molecule has 0 aliphatic carbocycles. The van der Waals surface area contributed by atoms with E-state index < -0.39 is 36.0 Å². The Kier molecular flexibility index (Phi) is 21.2. The van der Waals surface area contributed by atoms with Crippen LogP contribution in [0.2, 0.25) is 0 Å². The molecule has 186 valence electrons. The predicted molar refractivity (Wildman–Crippen MR) is 116 cm³/mol. The Bertz CT molecular complexity index is 580. The second kappa shape index (κ2) is 20.6. The van der Waals surface area contributed by atoms with E-state index in [4.69, 9.17) is 54.8 Å². The molecule has 16 heteroatoms. The van der Waals surface area contributed by atoms with Gasteiger partial charge in [0.1, 0.15) is 12.1 Å². The van der Waals surface area contributed by atoms with Crippen molar-refractivity contribution >= 4 is 35.8 Å². The smallest absolute Gasteiger partial charge is 0.320 e. The highest BCUT2D eigenvalue weighted by Gasteiger charge is 2.10. The second-order valence-corrected chi connectivity index (χ2v) is 6.07. The number of nitrogens with zero attached hydrogens (tertiary/aromatic N) is 2. The lowest BCUT2D eigenvalue weighted by Crippen LogP contribution is -2.30. The number of aliphatic carboxylic acids is 4. The predicted octanol–water partition coefficient (Wildman–Crippen LogP) is -3.16. The zero-order chi connectivity index (χ0) is 25.7. The molecule has 0 spiro atoms. The zero-order valence-electron chi connectivity index (χ0n) is 17.6. The molecule has 0 fully saturated rings. The minimum Gasteiger partial charge on any atom is -0.481 e. The first-order valence-electron chi connectivity index (χ1n) is 9.21. The van der Waals surface area contributed by atoms with E-state index >= 15 is 0 Å². The molecule has 0 aliphatic rings. The van der Waals surface area contributed by atoms with Crippen molar-refractivity contribution in [2.24, 2.45) is 44.4 Å². The number of aliphatic imine (C=N–C) groups is 2. The number of guanidine groups is 2. The Balaban J connectivity index is -0.000000404. The third-order valence-corrected chi connectivity index (χ3v) is 3.12. The SMILES string of the molecule is NC(N)=NCCC[C@H](N)C(=O)O.NC(N)=NCCC[C@H](N)C(=O)O.O=C(O)CCC(=O)O. The van der Waals surface area contributed by atoms with E-state index in [1.165, 1.54) is 0 Å². The van der Waals surface area contributed by atoms with Gasteiger partial charge in [0, 0.05) is 13.1 Å². The van der Waals surface area contributed by atoms with Crippen molar-refractivity contribution in [2.45, 2.75) is 50.6 Å². The van der Waals surface area contributed by atoms with Crippen molar-refractivity contribution < 1.29 is 39.6 Å². The summed E-state index contributed by atoms with van der Waals surface area (Å²) in [5.74, 6) is -4.13. The average Bonchev–Trinajstić information content (AvgIpc) is 2.67. The summed E-state index contributed by atoms with van der Waals surface area (Å²) in [5, 5.41) is 32.6. The van der Waals surface area contributed by atoms with Crippen molar-refractivity contribution in [1.82, 2.24) is 0 Å². The fraction of sp³-hybridized carbons (Fsp3) is 0.625. The molecule has 0 amide bonds. The molecule has 0 saturated carbocycles. The molecule has 0 heterocycles. The lowest BCUT2D eigenvalue weighted by molar-refractivity contribution is -0.143. The lowest BCUT2D eigenvalue weighted by Gasteiger charge is -2.03. The first kappa shape index (κ1) is 33.0. The van der Waals surface area contributed by atoms with Crippen LogP contribution in [-0.2, 0) is 19.2 Å². The Morgan fingerprint density at radius 3 is 1.09 bits per heavy atom. The number of rotatable bonds is 13. The van der Waals surface area contributed by atoms with Crippen LogP contribution in [0.15, 0.2) is 9.98 Å². The summed E-state index contributed by atoms with van der Waals surface area (Å²) >= 11 is 0. The van der Waals surface area contributed by atoms with E-state index in [9.17, 15) is 19.2 Å². The van der Waals surface area contributed by atoms with Gasteiger partial charge in [-0.05, 0) is 25.7 Å². The van der Waals surface area contributed by atoms with Crippen molar-refractivity contribution in [3.05, 3.63) is 0 Å². The van der Waals surface area contributed by atoms with Crippen LogP contribution < -0.4 is 34.4 Å². The van der Waals surface area contributed by atoms with Crippen molar-refractivity contribution in [3.63, 3.8) is 0 Å². The molecule has 0 aromatic heterocycles. The maximum Gasteiger partial charge on any atom is 0.320 e. The molecule has 0 aromatic carbocycles. The van der Waals surface area contributed by atoms with Crippen molar-refractivity contribution in [2.75, 3.05) is 13.1 Å². The monoisotopic (exact) mass is 466 g/mol. The maximum absolute atomic E-state index is 10.2. The number of carboxylic acids is 4. The molecule has 0 bridgehead atoms. The molecule has 16 N–H and O–H groups in total. The van der Waals surface area contributed by atoms with Crippen LogP contribution in [0.1, 0.15) is 38.5 Å². The molecular formula is C16H34N8O8. The topological polar surface area (TPSA) is 330 Å². The Labute approximate surface area is 184 Å². The molecule has 2 atom stereocenters. The van der Waals surface area contributed by atoms with Gasteiger partial charge in [-0.3, -0.25) is 29.2 Å². The summed E-state index contributed by atoms with van der Waals surface area (Å²) in [6.45, 7) is 0.840. The minimum absolute atomic E-state index is 0.0129. The fourth-order valence-corrected chi connectivity index (χ4v) is 1.50. The Hall–Kier alpha value is -3.66. The van der Waals surface area contributed by atoms with Gasteiger partial charge in [-0.15, -0.1) is 0 Å². The van der Waals surface area contributed by atoms with Crippen LogP contribution in [-0.4, -0.2) is 81.4 Å². The van der Waals surface area contributed by atoms with Gasteiger partial charge < -0.3 is 54.8 Å². The standard InChI is InChI=1S/2C6H14N4O2.C4H6O4/c2*7-4(5(11)12)2-1-3-10-6(8)9;5-3(6)1-2-4(7)8/h2*4H,1-3,7H2,(H,11,12)(H4,8,9,10);1-2H2,(H,5,6)(H,7,8)/t2*4-;/m00./s1. The number of carbonyl (C=O) groups is 4. The van der Waals surface area contributed by atoms with E-state index in [1.54, 1.807) is 0 Å². The molecule has 0 aromatic rings. The first-order chi connectivity index (χ1) is 14.7. The number of hydrogen-bond acceptors (Lipinski definition) is 8. The summed E-state index contributed by atoms with van der Waals surface area (Å²) in [5.41, 5.74) is 30.6.